The first kappa shape index (κ1) is 19.4. The average molecular weight is 416 g/mol. The van der Waals surface area contributed by atoms with E-state index in [0.717, 1.165) is 67.2 Å². The molecule has 3 aliphatic rings. The highest BCUT2D eigenvalue weighted by Crippen LogP contribution is 2.32. The van der Waals surface area contributed by atoms with E-state index in [2.05, 4.69) is 27.3 Å². The molecule has 4 heterocycles. The van der Waals surface area contributed by atoms with Gasteiger partial charge in [0.05, 0.1) is 22.5 Å². The van der Waals surface area contributed by atoms with E-state index in [1.165, 1.54) is 0 Å². The molecule has 0 spiro atoms. The van der Waals surface area contributed by atoms with Crippen molar-refractivity contribution in [2.24, 2.45) is 5.92 Å². The minimum atomic E-state index is -0.328. The van der Waals surface area contributed by atoms with Gasteiger partial charge in [-0.3, -0.25) is 15.4 Å². The molecule has 3 fully saturated rings. The Morgan fingerprint density at radius 1 is 1.17 bits per heavy atom. The Morgan fingerprint density at radius 3 is 2.83 bits per heavy atom. The molecule has 3 unspecified atom stereocenters. The van der Waals surface area contributed by atoms with Gasteiger partial charge in [0.2, 0.25) is 5.91 Å². The summed E-state index contributed by atoms with van der Waals surface area (Å²) in [5, 5.41) is 15.1. The zero-order valence-corrected chi connectivity index (χ0v) is 17.3. The number of benzene rings is 1. The summed E-state index contributed by atoms with van der Waals surface area (Å²) in [6, 6.07) is 8.47. The molecule has 4 N–H and O–H groups in total. The summed E-state index contributed by atoms with van der Waals surface area (Å²) in [5.41, 5.74) is 0.963. The lowest BCUT2D eigenvalue weighted by atomic mass is 9.92. The van der Waals surface area contributed by atoms with E-state index in [1.54, 1.807) is 11.3 Å². The Balaban J connectivity index is 1.41. The second-order valence-electron chi connectivity index (χ2n) is 8.29. The van der Waals surface area contributed by atoms with Gasteiger partial charge in [0, 0.05) is 25.8 Å². The summed E-state index contributed by atoms with van der Waals surface area (Å²) < 4.78 is 6.64. The Bertz CT molecular complexity index is 813. The summed E-state index contributed by atoms with van der Waals surface area (Å²) in [6.07, 6.45) is 4.09. The van der Waals surface area contributed by atoms with Gasteiger partial charge in [0.1, 0.15) is 10.9 Å². The Hall–Kier alpha value is -1.58. The van der Waals surface area contributed by atoms with Crippen LogP contribution in [0, 0.1) is 5.92 Å². The van der Waals surface area contributed by atoms with Gasteiger partial charge in [-0.15, -0.1) is 11.3 Å². The van der Waals surface area contributed by atoms with Crippen molar-refractivity contribution in [2.75, 3.05) is 26.3 Å². The van der Waals surface area contributed by atoms with Crippen molar-refractivity contribution in [3.8, 4) is 0 Å². The fourth-order valence-corrected chi connectivity index (χ4v) is 5.80. The van der Waals surface area contributed by atoms with Crippen LogP contribution in [0.25, 0.3) is 10.2 Å². The third-order valence-corrected chi connectivity index (χ3v) is 7.42. The molecule has 7 nitrogen and oxygen atoms in total. The van der Waals surface area contributed by atoms with Crippen molar-refractivity contribution in [3.63, 3.8) is 0 Å². The first-order valence-corrected chi connectivity index (χ1v) is 11.6. The second kappa shape index (κ2) is 8.65. The van der Waals surface area contributed by atoms with Gasteiger partial charge in [-0.2, -0.15) is 0 Å². The van der Waals surface area contributed by atoms with Gasteiger partial charge < -0.3 is 15.4 Å². The maximum atomic E-state index is 13.3. The smallest absolute Gasteiger partial charge is 0.234 e. The molecule has 4 atom stereocenters. The Kier molecular flexibility index (Phi) is 5.78. The molecule has 29 heavy (non-hydrogen) atoms. The van der Waals surface area contributed by atoms with E-state index in [9.17, 15) is 4.79 Å². The van der Waals surface area contributed by atoms with Crippen LogP contribution >= 0.6 is 11.3 Å². The van der Waals surface area contributed by atoms with Crippen LogP contribution in [0.5, 0.6) is 0 Å². The minimum absolute atomic E-state index is 0.0221. The summed E-state index contributed by atoms with van der Waals surface area (Å²) in [5.74, 6) is 0.142. The highest BCUT2D eigenvalue weighted by atomic mass is 32.1. The predicted molar refractivity (Wildman–Crippen MR) is 114 cm³/mol. The Morgan fingerprint density at radius 2 is 2.03 bits per heavy atom. The van der Waals surface area contributed by atoms with Crippen LogP contribution < -0.4 is 21.3 Å². The van der Waals surface area contributed by atoms with Gasteiger partial charge in [-0.1, -0.05) is 12.1 Å². The SMILES string of the molecule is O=C1NC(C2CCOCC2)NC(N[C@@H]2CCCNC2)C1c1nc2ccccc2s1. The number of hydrogen-bond acceptors (Lipinski definition) is 7. The predicted octanol–water partition coefficient (Wildman–Crippen LogP) is 1.52. The molecule has 1 aromatic carbocycles. The number of para-hydroxylation sites is 1. The molecule has 0 aliphatic carbocycles. The van der Waals surface area contributed by atoms with Gasteiger partial charge in [-0.05, 0) is 50.3 Å². The third kappa shape index (κ3) is 4.18. The molecule has 1 aromatic heterocycles. The number of hydrogen-bond donors (Lipinski definition) is 4. The normalized spacial score (nSPS) is 31.7. The van der Waals surface area contributed by atoms with Gasteiger partial charge in [0.25, 0.3) is 0 Å². The van der Waals surface area contributed by atoms with Crippen LogP contribution in [-0.4, -0.2) is 55.6 Å². The number of carbonyl (C=O) groups is 1. The summed E-state index contributed by atoms with van der Waals surface area (Å²) in [6.45, 7) is 3.55. The molecule has 156 valence electrons. The standard InChI is InChI=1S/C21H29N5O2S/c27-20-17(21-24-15-5-1-2-6-16(15)29-21)19(23-14-4-3-9-22-12-14)25-18(26-20)13-7-10-28-11-8-13/h1-2,5-6,13-14,17-19,22-23,25H,3-4,7-12H2,(H,26,27)/t14-,17?,18?,19?/m1/s1. The maximum Gasteiger partial charge on any atom is 0.234 e. The number of fused-ring (bicyclic) bond motifs is 1. The van der Waals surface area contributed by atoms with Crippen LogP contribution in [0.3, 0.4) is 0 Å². The fourth-order valence-electron chi connectivity index (χ4n) is 4.70. The lowest BCUT2D eigenvalue weighted by molar-refractivity contribution is -0.128. The number of amides is 1. The van der Waals surface area contributed by atoms with E-state index >= 15 is 0 Å². The highest BCUT2D eigenvalue weighted by Gasteiger charge is 2.42. The number of carbonyl (C=O) groups excluding carboxylic acids is 1. The maximum absolute atomic E-state index is 13.3. The average Bonchev–Trinajstić information content (AvgIpc) is 3.18. The van der Waals surface area contributed by atoms with Crippen LogP contribution in [-0.2, 0) is 9.53 Å². The van der Waals surface area contributed by atoms with Gasteiger partial charge in [0.15, 0.2) is 0 Å². The van der Waals surface area contributed by atoms with Crippen molar-refractivity contribution in [2.45, 2.75) is 50.0 Å². The first-order valence-electron chi connectivity index (χ1n) is 10.7. The van der Waals surface area contributed by atoms with Crippen molar-refractivity contribution in [1.82, 2.24) is 26.3 Å². The van der Waals surface area contributed by atoms with E-state index in [0.29, 0.717) is 12.0 Å². The lowest BCUT2D eigenvalue weighted by Gasteiger charge is -2.43. The molecular formula is C21H29N5O2S. The third-order valence-electron chi connectivity index (χ3n) is 6.30. The molecule has 3 saturated heterocycles. The number of ether oxygens (including phenoxy) is 1. The second-order valence-corrected chi connectivity index (χ2v) is 9.35. The lowest BCUT2D eigenvalue weighted by Crippen LogP contribution is -2.68. The number of aromatic nitrogens is 1. The summed E-state index contributed by atoms with van der Waals surface area (Å²) in [7, 11) is 0. The number of piperidine rings is 1. The largest absolute Gasteiger partial charge is 0.381 e. The van der Waals surface area contributed by atoms with E-state index in [4.69, 9.17) is 9.72 Å². The van der Waals surface area contributed by atoms with Gasteiger partial charge in [-0.25, -0.2) is 4.98 Å². The zero-order chi connectivity index (χ0) is 19.6. The number of thiazole rings is 1. The van der Waals surface area contributed by atoms with Crippen LogP contribution in [0.15, 0.2) is 24.3 Å². The summed E-state index contributed by atoms with van der Waals surface area (Å²) >= 11 is 1.62. The van der Waals surface area contributed by atoms with Crippen LogP contribution in [0.1, 0.15) is 36.6 Å². The van der Waals surface area contributed by atoms with Crippen LogP contribution in [0.2, 0.25) is 0 Å². The number of nitrogens with zero attached hydrogens (tertiary/aromatic N) is 1. The number of nitrogens with one attached hydrogen (secondary N) is 4. The molecule has 5 rings (SSSR count). The Labute approximate surface area is 175 Å². The summed E-state index contributed by atoms with van der Waals surface area (Å²) in [4.78, 5) is 18.1. The molecule has 0 bridgehead atoms. The van der Waals surface area contributed by atoms with Gasteiger partial charge >= 0.3 is 0 Å². The van der Waals surface area contributed by atoms with E-state index < -0.39 is 0 Å². The van der Waals surface area contributed by atoms with E-state index in [-0.39, 0.29) is 24.2 Å². The fraction of sp³-hybridized carbons (Fsp3) is 0.619. The zero-order valence-electron chi connectivity index (χ0n) is 16.5. The highest BCUT2D eigenvalue weighted by molar-refractivity contribution is 7.18. The molecule has 0 radical (unpaired) electrons. The van der Waals surface area contributed by atoms with Crippen molar-refractivity contribution in [3.05, 3.63) is 29.3 Å². The van der Waals surface area contributed by atoms with E-state index in [1.807, 2.05) is 18.2 Å². The molecule has 3 aliphatic heterocycles. The van der Waals surface area contributed by atoms with Crippen molar-refractivity contribution in [1.29, 1.82) is 0 Å². The molecule has 8 heteroatoms. The van der Waals surface area contributed by atoms with Crippen molar-refractivity contribution < 1.29 is 9.53 Å². The van der Waals surface area contributed by atoms with Crippen molar-refractivity contribution >= 4 is 27.5 Å². The minimum Gasteiger partial charge on any atom is -0.381 e. The molecule has 1 amide bonds. The number of rotatable bonds is 4. The molecule has 2 aromatic rings. The van der Waals surface area contributed by atoms with Crippen LogP contribution in [0.4, 0.5) is 0 Å². The quantitative estimate of drug-likeness (QED) is 0.606. The molecular weight excluding hydrogens is 386 g/mol. The first-order chi connectivity index (χ1) is 14.3. The topological polar surface area (TPSA) is 87.3 Å². The molecule has 0 saturated carbocycles. The monoisotopic (exact) mass is 415 g/mol.